The molecule has 12 heteroatoms. The van der Waals surface area contributed by atoms with E-state index in [1.54, 1.807) is 7.05 Å². The monoisotopic (exact) mass is 550 g/mol. The van der Waals surface area contributed by atoms with Crippen LogP contribution in [0.5, 0.6) is 0 Å². The van der Waals surface area contributed by atoms with Gasteiger partial charge >= 0.3 is 5.97 Å². The van der Waals surface area contributed by atoms with Gasteiger partial charge in [-0.05, 0) is 35.4 Å². The van der Waals surface area contributed by atoms with Gasteiger partial charge in [-0.1, -0.05) is 73.5 Å². The van der Waals surface area contributed by atoms with Crippen LogP contribution in [0.2, 0.25) is 5.15 Å². The molecule has 4 rings (SSSR count). The van der Waals surface area contributed by atoms with Crippen molar-refractivity contribution >= 4 is 23.5 Å². The molecular formula is C27H31ClN8O3. The Morgan fingerprint density at radius 1 is 1.15 bits per heavy atom. The van der Waals surface area contributed by atoms with Gasteiger partial charge in [-0.25, -0.2) is 9.78 Å². The zero-order chi connectivity index (χ0) is 28.0. The summed E-state index contributed by atoms with van der Waals surface area (Å²) in [5, 5.41) is 17.5. The van der Waals surface area contributed by atoms with Crippen molar-refractivity contribution in [3.63, 3.8) is 0 Å². The Balaban J connectivity index is 1.77. The van der Waals surface area contributed by atoms with Crippen LogP contribution >= 0.6 is 11.6 Å². The number of esters is 1. The van der Waals surface area contributed by atoms with Gasteiger partial charge in [0.15, 0.2) is 10.7 Å². The summed E-state index contributed by atoms with van der Waals surface area (Å²) in [6, 6.07) is 15.8. The summed E-state index contributed by atoms with van der Waals surface area (Å²) < 4.78 is 6.98. The molecule has 0 aliphatic carbocycles. The minimum atomic E-state index is -1.60. The molecular weight excluding hydrogens is 520 g/mol. The number of nitrogens with zero attached hydrogens (tertiary/aromatic N) is 5. The summed E-state index contributed by atoms with van der Waals surface area (Å²) in [6.45, 7) is 2.44. The number of halogens is 1. The average molecular weight is 551 g/mol. The summed E-state index contributed by atoms with van der Waals surface area (Å²) in [6.07, 6.45) is 2.12. The maximum atomic E-state index is 13.1. The molecule has 2 aromatic carbocycles. The predicted molar refractivity (Wildman–Crippen MR) is 147 cm³/mol. The highest BCUT2D eigenvalue weighted by Crippen LogP contribution is 2.35. The van der Waals surface area contributed by atoms with Crippen molar-refractivity contribution in [3.8, 4) is 22.5 Å². The predicted octanol–water partition coefficient (Wildman–Crippen LogP) is 3.24. The SMILES string of the molecule is CCCCc1nc(Cl)c([C@@](CC(N)=O)(NC)C(=O)OC)n1Cc1ccc(-c2ccccc2-c2nn[nH]n2)cc1. The van der Waals surface area contributed by atoms with Crippen molar-refractivity contribution in [3.05, 3.63) is 70.8 Å². The number of carbonyl (C=O) groups excluding carboxylic acids is 2. The van der Waals surface area contributed by atoms with Gasteiger partial charge in [0.05, 0.1) is 19.2 Å². The lowest BCUT2D eigenvalue weighted by atomic mass is 9.90. The smallest absolute Gasteiger partial charge is 0.332 e. The molecule has 0 fully saturated rings. The summed E-state index contributed by atoms with van der Waals surface area (Å²) in [4.78, 5) is 29.8. The Morgan fingerprint density at radius 2 is 1.87 bits per heavy atom. The van der Waals surface area contributed by atoms with Crippen LogP contribution in [-0.2, 0) is 32.8 Å². The molecule has 0 radical (unpaired) electrons. The first kappa shape index (κ1) is 27.9. The number of tetrazole rings is 1. The van der Waals surface area contributed by atoms with Crippen LogP contribution in [0, 0.1) is 0 Å². The van der Waals surface area contributed by atoms with Crippen molar-refractivity contribution in [1.29, 1.82) is 0 Å². The van der Waals surface area contributed by atoms with Crippen molar-refractivity contribution in [2.75, 3.05) is 14.2 Å². The van der Waals surface area contributed by atoms with Gasteiger partial charge in [0.2, 0.25) is 11.7 Å². The second-order valence-corrected chi connectivity index (χ2v) is 9.48. The molecule has 0 saturated heterocycles. The maximum Gasteiger partial charge on any atom is 0.332 e. The highest BCUT2D eigenvalue weighted by atomic mass is 35.5. The highest BCUT2D eigenvalue weighted by molar-refractivity contribution is 6.30. The third-order valence-electron chi connectivity index (χ3n) is 6.68. The normalized spacial score (nSPS) is 12.7. The fraction of sp³-hybridized carbons (Fsp3) is 0.333. The second-order valence-electron chi connectivity index (χ2n) is 9.13. The van der Waals surface area contributed by atoms with Crippen LogP contribution in [-0.4, -0.2) is 56.2 Å². The molecule has 1 amide bonds. The fourth-order valence-corrected chi connectivity index (χ4v) is 5.11. The van der Waals surface area contributed by atoms with Crippen LogP contribution in [0.1, 0.15) is 43.3 Å². The number of methoxy groups -OCH3 is 1. The number of H-pyrrole nitrogens is 1. The number of nitrogens with one attached hydrogen (secondary N) is 2. The van der Waals surface area contributed by atoms with E-state index in [9.17, 15) is 9.59 Å². The van der Waals surface area contributed by atoms with Crippen LogP contribution in [0.15, 0.2) is 48.5 Å². The van der Waals surface area contributed by atoms with Crippen molar-refractivity contribution < 1.29 is 14.3 Å². The number of aryl methyl sites for hydroxylation is 1. The van der Waals surface area contributed by atoms with Crippen LogP contribution in [0.4, 0.5) is 0 Å². The summed E-state index contributed by atoms with van der Waals surface area (Å²) in [5.41, 5.74) is 8.04. The number of imidazole rings is 1. The lowest BCUT2D eigenvalue weighted by Crippen LogP contribution is -2.52. The molecule has 2 heterocycles. The number of hydrogen-bond donors (Lipinski definition) is 3. The van der Waals surface area contributed by atoms with Crippen molar-refractivity contribution in [2.45, 2.75) is 44.7 Å². The molecule has 0 bridgehead atoms. The molecule has 4 aromatic rings. The number of aromatic nitrogens is 6. The molecule has 0 aliphatic rings. The van der Waals surface area contributed by atoms with Gasteiger partial charge in [0.25, 0.3) is 0 Å². The number of primary amides is 1. The second kappa shape index (κ2) is 12.2. The molecule has 0 saturated carbocycles. The Labute approximate surface area is 231 Å². The molecule has 1 atom stereocenters. The van der Waals surface area contributed by atoms with E-state index in [1.807, 2.05) is 53.1 Å². The number of rotatable bonds is 12. The standard InChI is InChI=1S/C27H31ClN8O3/c1-4-5-10-22-31-24(28)23(27(30-2,15-21(29)37)26(38)39-3)36(22)16-17-11-13-18(14-12-17)19-8-6-7-9-20(19)25-32-34-35-33-25/h6-9,11-14,30H,4-5,10,15-16H2,1-3H3,(H2,29,37)(H,32,33,34,35)/t27-/m1/s1. The number of unbranched alkanes of at least 4 members (excludes halogenated alkanes) is 1. The number of benzene rings is 2. The third-order valence-corrected chi connectivity index (χ3v) is 6.94. The van der Waals surface area contributed by atoms with Crippen molar-refractivity contribution in [2.24, 2.45) is 5.73 Å². The first-order chi connectivity index (χ1) is 18.8. The van der Waals surface area contributed by atoms with E-state index in [0.29, 0.717) is 30.3 Å². The lowest BCUT2D eigenvalue weighted by Gasteiger charge is -2.31. The van der Waals surface area contributed by atoms with Gasteiger partial charge in [0.1, 0.15) is 5.82 Å². The van der Waals surface area contributed by atoms with Gasteiger partial charge in [-0.15, -0.1) is 10.2 Å². The minimum absolute atomic E-state index is 0.118. The van der Waals surface area contributed by atoms with E-state index in [4.69, 9.17) is 22.1 Å². The molecule has 2 aromatic heterocycles. The summed E-state index contributed by atoms with van der Waals surface area (Å²) >= 11 is 6.66. The number of carbonyl (C=O) groups is 2. The van der Waals surface area contributed by atoms with Gasteiger partial charge in [-0.3, -0.25) is 10.1 Å². The zero-order valence-electron chi connectivity index (χ0n) is 22.1. The minimum Gasteiger partial charge on any atom is -0.467 e. The number of amides is 1. The Kier molecular flexibility index (Phi) is 8.72. The Hall–Kier alpha value is -4.09. The average Bonchev–Trinajstić information content (AvgIpc) is 3.59. The highest BCUT2D eigenvalue weighted by Gasteiger charge is 2.47. The van der Waals surface area contributed by atoms with Gasteiger partial charge in [0, 0.05) is 18.5 Å². The quantitative estimate of drug-likeness (QED) is 0.227. The largest absolute Gasteiger partial charge is 0.467 e. The molecule has 11 nitrogen and oxygen atoms in total. The first-order valence-electron chi connectivity index (χ1n) is 12.6. The van der Waals surface area contributed by atoms with Crippen molar-refractivity contribution in [1.82, 2.24) is 35.5 Å². The number of nitrogens with two attached hydrogens (primary N) is 1. The third kappa shape index (κ3) is 5.69. The number of aromatic amines is 1. The molecule has 39 heavy (non-hydrogen) atoms. The number of hydrogen-bond acceptors (Lipinski definition) is 8. The van der Waals surface area contributed by atoms with Crippen LogP contribution in [0.25, 0.3) is 22.5 Å². The van der Waals surface area contributed by atoms with E-state index in [-0.39, 0.29) is 11.6 Å². The number of likely N-dealkylation sites (N-methyl/N-ethyl adjacent to an activating group) is 1. The number of ether oxygens (including phenoxy) is 1. The molecule has 0 aliphatic heterocycles. The Morgan fingerprint density at radius 3 is 2.46 bits per heavy atom. The van der Waals surface area contributed by atoms with E-state index in [1.165, 1.54) is 7.11 Å². The molecule has 4 N–H and O–H groups in total. The van der Waals surface area contributed by atoms with Crippen LogP contribution in [0.3, 0.4) is 0 Å². The van der Waals surface area contributed by atoms with E-state index in [2.05, 4.69) is 37.8 Å². The maximum absolute atomic E-state index is 13.1. The first-order valence-corrected chi connectivity index (χ1v) is 13.0. The molecule has 0 unspecified atom stereocenters. The Bertz CT molecular complexity index is 1440. The van der Waals surface area contributed by atoms with Gasteiger partial charge in [-0.2, -0.15) is 5.21 Å². The lowest BCUT2D eigenvalue weighted by molar-refractivity contribution is -0.151. The summed E-state index contributed by atoms with van der Waals surface area (Å²) in [7, 11) is 2.82. The van der Waals surface area contributed by atoms with Crippen LogP contribution < -0.4 is 11.1 Å². The van der Waals surface area contributed by atoms with E-state index in [0.717, 1.165) is 35.1 Å². The molecule has 204 valence electrons. The van der Waals surface area contributed by atoms with Gasteiger partial charge < -0.3 is 15.0 Å². The topological polar surface area (TPSA) is 154 Å². The summed E-state index contributed by atoms with van der Waals surface area (Å²) in [5.74, 6) is -0.148. The fourth-order valence-electron chi connectivity index (χ4n) is 4.74. The zero-order valence-corrected chi connectivity index (χ0v) is 22.8. The molecule has 0 spiro atoms. The van der Waals surface area contributed by atoms with E-state index < -0.39 is 17.4 Å². The van der Waals surface area contributed by atoms with E-state index >= 15 is 0 Å².